The van der Waals surface area contributed by atoms with E-state index < -0.39 is 24.0 Å². The summed E-state index contributed by atoms with van der Waals surface area (Å²) in [5.41, 5.74) is 3.81. The zero-order valence-corrected chi connectivity index (χ0v) is 22.9. The summed E-state index contributed by atoms with van der Waals surface area (Å²) in [5.74, 6) is -1.16. The van der Waals surface area contributed by atoms with Gasteiger partial charge in [0.15, 0.2) is 0 Å². The highest BCUT2D eigenvalue weighted by atomic mass is 19.1. The molecule has 2 atom stereocenters. The molecule has 8 nitrogen and oxygen atoms in total. The van der Waals surface area contributed by atoms with Gasteiger partial charge in [-0.3, -0.25) is 14.5 Å². The van der Waals surface area contributed by atoms with Gasteiger partial charge in [0.1, 0.15) is 17.9 Å². The molecule has 1 aromatic heterocycles. The fourth-order valence-corrected chi connectivity index (χ4v) is 5.84. The summed E-state index contributed by atoms with van der Waals surface area (Å²) >= 11 is 0. The molecule has 3 heterocycles. The highest BCUT2D eigenvalue weighted by Crippen LogP contribution is 2.45. The first-order valence-corrected chi connectivity index (χ1v) is 13.8. The molecule has 2 aliphatic rings. The summed E-state index contributed by atoms with van der Waals surface area (Å²) in [7, 11) is 0. The number of rotatable bonds is 8. The number of nitrogens with one attached hydrogen (secondary N) is 2. The molecule has 2 aliphatic heterocycles. The minimum absolute atomic E-state index is 0.107. The molecule has 0 aliphatic carbocycles. The fourth-order valence-electron chi connectivity index (χ4n) is 5.84. The van der Waals surface area contributed by atoms with E-state index in [1.54, 1.807) is 41.3 Å². The number of hydrogen-bond donors (Lipinski definition) is 2. The molecule has 3 aromatic carbocycles. The molecule has 2 N–H and O–H groups in total. The molecule has 4 amide bonds. The summed E-state index contributed by atoms with van der Waals surface area (Å²) in [6, 6.07) is 18.5. The fraction of sp³-hybridized carbons (Fsp3) is 0.281. The number of benzene rings is 3. The zero-order chi connectivity index (χ0) is 28.7. The summed E-state index contributed by atoms with van der Waals surface area (Å²) in [4.78, 5) is 47.5. The van der Waals surface area contributed by atoms with Crippen LogP contribution in [-0.4, -0.2) is 53.0 Å². The molecule has 6 rings (SSSR count). The molecule has 9 heteroatoms. The van der Waals surface area contributed by atoms with E-state index in [2.05, 4.69) is 10.3 Å². The van der Waals surface area contributed by atoms with Gasteiger partial charge in [-0.1, -0.05) is 42.5 Å². The Bertz CT molecular complexity index is 1630. The number of nitrogens with zero attached hydrogens (tertiary/aromatic N) is 2. The summed E-state index contributed by atoms with van der Waals surface area (Å²) in [6.07, 6.45) is 1.06. The third-order valence-electron chi connectivity index (χ3n) is 7.68. The SMILES string of the molecule is CC(C)OCCCNC(=O)c1ccccc1N1C(=O)[C@@H]2Cc3c([nH]c4ccccc34)[C@H](c3ccc(F)cc3)N2C1=O. The van der Waals surface area contributed by atoms with Gasteiger partial charge in [-0.15, -0.1) is 0 Å². The quantitative estimate of drug-likeness (QED) is 0.227. The maximum atomic E-state index is 14.2. The first-order valence-electron chi connectivity index (χ1n) is 13.8. The number of halogens is 1. The lowest BCUT2D eigenvalue weighted by atomic mass is 9.89. The van der Waals surface area contributed by atoms with Gasteiger partial charge in [0.05, 0.1) is 17.4 Å². The number of amides is 4. The van der Waals surface area contributed by atoms with Crippen molar-refractivity contribution in [3.63, 3.8) is 0 Å². The topological polar surface area (TPSA) is 94.7 Å². The predicted octanol–water partition coefficient (Wildman–Crippen LogP) is 5.33. The number of aromatic nitrogens is 1. The third-order valence-corrected chi connectivity index (χ3v) is 7.68. The van der Waals surface area contributed by atoms with Crippen LogP contribution in [0.5, 0.6) is 0 Å². The van der Waals surface area contributed by atoms with Crippen molar-refractivity contribution in [3.8, 4) is 0 Å². The highest BCUT2D eigenvalue weighted by molar-refractivity contribution is 6.24. The number of hydrogen-bond acceptors (Lipinski definition) is 4. The first-order chi connectivity index (χ1) is 19.8. The van der Waals surface area contributed by atoms with Gasteiger partial charge in [0.2, 0.25) is 0 Å². The van der Waals surface area contributed by atoms with Crippen LogP contribution in [0.1, 0.15) is 53.5 Å². The number of aromatic amines is 1. The van der Waals surface area contributed by atoms with Crippen molar-refractivity contribution in [1.82, 2.24) is 15.2 Å². The van der Waals surface area contributed by atoms with Gasteiger partial charge in [0.25, 0.3) is 11.8 Å². The van der Waals surface area contributed by atoms with Gasteiger partial charge in [-0.2, -0.15) is 0 Å². The Hall–Kier alpha value is -4.50. The molecule has 41 heavy (non-hydrogen) atoms. The molecule has 0 spiro atoms. The molecule has 0 saturated carbocycles. The standard InChI is InChI=1S/C32H31FN4O4/c1-19(2)41-17-7-16-34-30(38)23-9-4-6-11-26(23)37-31(39)27-18-24-22-8-3-5-10-25(22)35-28(24)29(36(27)32(37)40)20-12-14-21(33)15-13-20/h3-6,8-15,19,27,29,35H,7,16-18H2,1-2H3,(H,34,38)/t27-,29-/m0/s1. The maximum absolute atomic E-state index is 14.2. The van der Waals surface area contributed by atoms with Crippen LogP contribution >= 0.6 is 0 Å². The predicted molar refractivity (Wildman–Crippen MR) is 153 cm³/mol. The second kappa shape index (κ2) is 10.8. The number of H-pyrrole nitrogens is 1. The van der Waals surface area contributed by atoms with Gasteiger partial charge in [-0.05, 0) is 61.7 Å². The van der Waals surface area contributed by atoms with Gasteiger partial charge in [0, 0.05) is 36.2 Å². The Morgan fingerprint density at radius 2 is 1.78 bits per heavy atom. The number of carbonyl (C=O) groups is 3. The molecule has 1 saturated heterocycles. The number of urea groups is 1. The molecule has 4 aromatic rings. The molecular weight excluding hydrogens is 523 g/mol. The van der Waals surface area contributed by atoms with Crippen LogP contribution in [0, 0.1) is 5.82 Å². The largest absolute Gasteiger partial charge is 0.379 e. The summed E-state index contributed by atoms with van der Waals surface area (Å²) < 4.78 is 19.4. The average Bonchev–Trinajstić information content (AvgIpc) is 3.46. The van der Waals surface area contributed by atoms with Gasteiger partial charge < -0.3 is 15.0 Å². The molecule has 1 fully saturated rings. The second-order valence-corrected chi connectivity index (χ2v) is 10.6. The minimum Gasteiger partial charge on any atom is -0.379 e. The number of para-hydroxylation sites is 2. The normalized spacial score (nSPS) is 18.2. The van der Waals surface area contributed by atoms with Crippen molar-refractivity contribution in [2.24, 2.45) is 0 Å². The first kappa shape index (κ1) is 26.7. The molecule has 210 valence electrons. The van der Waals surface area contributed by atoms with Crippen LogP contribution in [0.25, 0.3) is 10.9 Å². The van der Waals surface area contributed by atoms with E-state index in [-0.39, 0.29) is 29.1 Å². The molecular formula is C32H31FN4O4. The van der Waals surface area contributed by atoms with Crippen molar-refractivity contribution in [3.05, 3.63) is 101 Å². The molecule has 0 unspecified atom stereocenters. The Morgan fingerprint density at radius 3 is 2.56 bits per heavy atom. The van der Waals surface area contributed by atoms with E-state index in [9.17, 15) is 18.8 Å². The average molecular weight is 555 g/mol. The minimum atomic E-state index is -0.784. The van der Waals surface area contributed by atoms with Crippen molar-refractivity contribution in [2.45, 2.75) is 44.9 Å². The van der Waals surface area contributed by atoms with Crippen LogP contribution in [0.4, 0.5) is 14.9 Å². The van der Waals surface area contributed by atoms with E-state index >= 15 is 0 Å². The Balaban J connectivity index is 1.36. The third kappa shape index (κ3) is 4.76. The second-order valence-electron chi connectivity index (χ2n) is 10.6. The number of fused-ring (bicyclic) bond motifs is 4. The van der Waals surface area contributed by atoms with Crippen molar-refractivity contribution >= 4 is 34.4 Å². The zero-order valence-electron chi connectivity index (χ0n) is 22.9. The van der Waals surface area contributed by atoms with Crippen LogP contribution in [0.3, 0.4) is 0 Å². The summed E-state index contributed by atoms with van der Waals surface area (Å²) in [6.45, 7) is 4.81. The smallest absolute Gasteiger partial charge is 0.332 e. The monoisotopic (exact) mass is 554 g/mol. The van der Waals surface area contributed by atoms with Gasteiger partial charge in [-0.25, -0.2) is 14.1 Å². The van der Waals surface area contributed by atoms with E-state index in [0.717, 1.165) is 27.1 Å². The number of anilines is 1. The van der Waals surface area contributed by atoms with Crippen molar-refractivity contribution in [2.75, 3.05) is 18.1 Å². The number of ether oxygens (including phenoxy) is 1. The highest BCUT2D eigenvalue weighted by Gasteiger charge is 2.53. The van der Waals surface area contributed by atoms with Crippen LogP contribution < -0.4 is 10.2 Å². The van der Waals surface area contributed by atoms with Crippen LogP contribution in [0.2, 0.25) is 0 Å². The van der Waals surface area contributed by atoms with Crippen molar-refractivity contribution in [1.29, 1.82) is 0 Å². The lowest BCUT2D eigenvalue weighted by Gasteiger charge is -2.36. The number of carbonyl (C=O) groups excluding carboxylic acids is 3. The van der Waals surface area contributed by atoms with E-state index in [1.165, 1.54) is 12.1 Å². The summed E-state index contributed by atoms with van der Waals surface area (Å²) in [5, 5.41) is 3.86. The van der Waals surface area contributed by atoms with E-state index in [4.69, 9.17) is 4.74 Å². The Kier molecular flexibility index (Phi) is 7.05. The van der Waals surface area contributed by atoms with E-state index in [0.29, 0.717) is 31.6 Å². The van der Waals surface area contributed by atoms with Crippen molar-refractivity contribution < 1.29 is 23.5 Å². The maximum Gasteiger partial charge on any atom is 0.332 e. The van der Waals surface area contributed by atoms with Crippen LogP contribution in [-0.2, 0) is 16.0 Å². The Morgan fingerprint density at radius 1 is 1.05 bits per heavy atom. The van der Waals surface area contributed by atoms with Gasteiger partial charge >= 0.3 is 6.03 Å². The molecule has 0 radical (unpaired) electrons. The Labute approximate surface area is 237 Å². The molecule has 0 bridgehead atoms. The van der Waals surface area contributed by atoms with Crippen LogP contribution in [0.15, 0.2) is 72.8 Å². The lowest BCUT2D eigenvalue weighted by Crippen LogP contribution is -2.44. The number of imide groups is 1. The van der Waals surface area contributed by atoms with E-state index in [1.807, 2.05) is 38.1 Å². The lowest BCUT2D eigenvalue weighted by molar-refractivity contribution is -0.120.